The average molecular weight is 292 g/mol. The average Bonchev–Trinajstić information content (AvgIpc) is 2.69. The molecule has 1 unspecified atom stereocenters. The first-order valence-electron chi connectivity index (χ1n) is 6.59. The minimum absolute atomic E-state index is 0.0616. The van der Waals surface area contributed by atoms with Crippen LogP contribution >= 0.6 is 0 Å². The summed E-state index contributed by atoms with van der Waals surface area (Å²) in [5.74, 6) is 0.749. The predicted molar refractivity (Wildman–Crippen MR) is 67.6 cm³/mol. The first kappa shape index (κ1) is 15.1. The smallest absolute Gasteiger partial charge is 0.374 e. The Morgan fingerprint density at radius 2 is 2.05 bits per heavy atom. The number of nitrogens with zero attached hydrogens (tertiary/aromatic N) is 4. The molecule has 0 N–H and O–H groups in total. The number of ether oxygens (including phenoxy) is 1. The Balaban J connectivity index is 2.13. The molecule has 1 fully saturated rings. The zero-order valence-corrected chi connectivity index (χ0v) is 11.8. The minimum Gasteiger partial charge on any atom is -0.374 e. The Kier molecular flexibility index (Phi) is 4.22. The lowest BCUT2D eigenvalue weighted by atomic mass is 10.1. The van der Waals surface area contributed by atoms with E-state index in [0.29, 0.717) is 31.6 Å². The lowest BCUT2D eigenvalue weighted by Crippen LogP contribution is -2.45. The van der Waals surface area contributed by atoms with Gasteiger partial charge in [-0.15, -0.1) is 10.2 Å². The summed E-state index contributed by atoms with van der Waals surface area (Å²) in [7, 11) is 1.57. The van der Waals surface area contributed by atoms with Crippen LogP contribution < -0.4 is 4.90 Å². The molecule has 2 heterocycles. The van der Waals surface area contributed by atoms with Gasteiger partial charge < -0.3 is 14.2 Å². The maximum atomic E-state index is 12.4. The fraction of sp³-hybridized carbons (Fsp3) is 0.833. The summed E-state index contributed by atoms with van der Waals surface area (Å²) < 4.78 is 44.3. The van der Waals surface area contributed by atoms with E-state index in [9.17, 15) is 13.2 Å². The summed E-state index contributed by atoms with van der Waals surface area (Å²) in [5, 5.41) is 7.56. The summed E-state index contributed by atoms with van der Waals surface area (Å²) in [6.45, 7) is 5.89. The van der Waals surface area contributed by atoms with Crippen LogP contribution in [0, 0.1) is 5.92 Å². The fourth-order valence-electron chi connectivity index (χ4n) is 2.22. The SMILES string of the molecule is CC(C)C1CN(c2nnc(CC(F)(F)F)n2C)CCO1. The van der Waals surface area contributed by atoms with E-state index in [-0.39, 0.29) is 11.9 Å². The molecular weight excluding hydrogens is 273 g/mol. The van der Waals surface area contributed by atoms with E-state index in [1.807, 2.05) is 4.90 Å². The van der Waals surface area contributed by atoms with E-state index in [0.717, 1.165) is 0 Å². The van der Waals surface area contributed by atoms with Crippen LogP contribution in [-0.2, 0) is 18.2 Å². The molecule has 1 aliphatic rings. The van der Waals surface area contributed by atoms with Gasteiger partial charge in [0.1, 0.15) is 12.2 Å². The van der Waals surface area contributed by atoms with Crippen molar-refractivity contribution in [1.29, 1.82) is 0 Å². The number of rotatable bonds is 3. The van der Waals surface area contributed by atoms with Crippen LogP contribution in [0.1, 0.15) is 19.7 Å². The molecule has 5 nitrogen and oxygen atoms in total. The molecule has 1 atom stereocenters. The molecular formula is C12H19F3N4O. The molecule has 114 valence electrons. The molecule has 0 spiro atoms. The summed E-state index contributed by atoms with van der Waals surface area (Å²) in [4.78, 5) is 1.93. The molecule has 1 aromatic heterocycles. The van der Waals surface area contributed by atoms with Crippen molar-refractivity contribution >= 4 is 5.95 Å². The molecule has 0 aromatic carbocycles. The zero-order chi connectivity index (χ0) is 14.9. The Bertz CT molecular complexity index is 458. The number of alkyl halides is 3. The number of hydrogen-bond acceptors (Lipinski definition) is 4. The summed E-state index contributed by atoms with van der Waals surface area (Å²) >= 11 is 0. The van der Waals surface area contributed by atoms with Crippen molar-refractivity contribution in [2.45, 2.75) is 32.5 Å². The van der Waals surface area contributed by atoms with Crippen LogP contribution in [0.3, 0.4) is 0 Å². The third-order valence-electron chi connectivity index (χ3n) is 3.42. The molecule has 2 rings (SSSR count). The lowest BCUT2D eigenvalue weighted by molar-refractivity contribution is -0.128. The molecule has 1 saturated heterocycles. The fourth-order valence-corrected chi connectivity index (χ4v) is 2.22. The molecule has 1 aliphatic heterocycles. The van der Waals surface area contributed by atoms with Gasteiger partial charge in [0.2, 0.25) is 5.95 Å². The maximum Gasteiger partial charge on any atom is 0.396 e. The highest BCUT2D eigenvalue weighted by molar-refractivity contribution is 5.32. The van der Waals surface area contributed by atoms with Crippen molar-refractivity contribution in [3.8, 4) is 0 Å². The van der Waals surface area contributed by atoms with Gasteiger partial charge in [-0.05, 0) is 5.92 Å². The van der Waals surface area contributed by atoms with E-state index in [4.69, 9.17) is 4.74 Å². The highest BCUT2D eigenvalue weighted by Crippen LogP contribution is 2.23. The van der Waals surface area contributed by atoms with Gasteiger partial charge in [0, 0.05) is 20.1 Å². The summed E-state index contributed by atoms with van der Waals surface area (Å²) in [5.41, 5.74) is 0. The second-order valence-electron chi connectivity index (χ2n) is 5.37. The molecule has 0 amide bonds. The Labute approximate surface area is 115 Å². The van der Waals surface area contributed by atoms with Crippen LogP contribution in [-0.4, -0.2) is 46.7 Å². The van der Waals surface area contributed by atoms with E-state index in [1.54, 1.807) is 7.05 Å². The quantitative estimate of drug-likeness (QED) is 0.852. The third kappa shape index (κ3) is 3.41. The Morgan fingerprint density at radius 3 is 2.65 bits per heavy atom. The van der Waals surface area contributed by atoms with Gasteiger partial charge in [-0.1, -0.05) is 13.8 Å². The molecule has 1 aromatic rings. The van der Waals surface area contributed by atoms with Crippen molar-refractivity contribution < 1.29 is 17.9 Å². The largest absolute Gasteiger partial charge is 0.396 e. The summed E-state index contributed by atoms with van der Waals surface area (Å²) in [6, 6.07) is 0. The highest BCUT2D eigenvalue weighted by Gasteiger charge is 2.32. The highest BCUT2D eigenvalue weighted by atomic mass is 19.4. The van der Waals surface area contributed by atoms with Gasteiger partial charge >= 0.3 is 6.18 Å². The first-order chi connectivity index (χ1) is 9.28. The van der Waals surface area contributed by atoms with Crippen LogP contribution in [0.25, 0.3) is 0 Å². The first-order valence-corrected chi connectivity index (χ1v) is 6.59. The molecule has 0 saturated carbocycles. The standard InChI is InChI=1S/C12H19F3N4O/c1-8(2)9-7-19(4-5-20-9)11-17-16-10(18(11)3)6-12(13,14)15/h8-9H,4-7H2,1-3H3. The Morgan fingerprint density at radius 1 is 1.35 bits per heavy atom. The molecule has 0 bridgehead atoms. The van der Waals surface area contributed by atoms with Gasteiger partial charge in [-0.3, -0.25) is 0 Å². The number of aromatic nitrogens is 3. The van der Waals surface area contributed by atoms with E-state index in [1.165, 1.54) is 4.57 Å². The van der Waals surface area contributed by atoms with Gasteiger partial charge in [-0.25, -0.2) is 0 Å². The zero-order valence-electron chi connectivity index (χ0n) is 11.8. The van der Waals surface area contributed by atoms with Crippen molar-refractivity contribution in [1.82, 2.24) is 14.8 Å². The van der Waals surface area contributed by atoms with Crippen LogP contribution in [0.15, 0.2) is 0 Å². The topological polar surface area (TPSA) is 43.2 Å². The monoisotopic (exact) mass is 292 g/mol. The molecule has 20 heavy (non-hydrogen) atoms. The van der Waals surface area contributed by atoms with Crippen molar-refractivity contribution in [2.24, 2.45) is 13.0 Å². The summed E-state index contributed by atoms with van der Waals surface area (Å²) in [6.07, 6.45) is -5.27. The van der Waals surface area contributed by atoms with Gasteiger partial charge in [0.25, 0.3) is 0 Å². The van der Waals surface area contributed by atoms with Crippen LogP contribution in [0.4, 0.5) is 19.1 Å². The second kappa shape index (κ2) is 5.59. The van der Waals surface area contributed by atoms with Crippen molar-refractivity contribution in [3.05, 3.63) is 5.82 Å². The van der Waals surface area contributed by atoms with Crippen molar-refractivity contribution in [3.63, 3.8) is 0 Å². The normalized spacial score (nSPS) is 20.8. The number of anilines is 1. The lowest BCUT2D eigenvalue weighted by Gasteiger charge is -2.35. The molecule has 8 heteroatoms. The maximum absolute atomic E-state index is 12.4. The number of halogens is 3. The van der Waals surface area contributed by atoms with E-state index in [2.05, 4.69) is 24.0 Å². The third-order valence-corrected chi connectivity index (χ3v) is 3.42. The van der Waals surface area contributed by atoms with E-state index < -0.39 is 12.6 Å². The number of morpholine rings is 1. The van der Waals surface area contributed by atoms with Gasteiger partial charge in [0.05, 0.1) is 12.7 Å². The van der Waals surface area contributed by atoms with E-state index >= 15 is 0 Å². The minimum atomic E-state index is -4.27. The molecule has 0 aliphatic carbocycles. The molecule has 0 radical (unpaired) electrons. The Hall–Kier alpha value is -1.31. The van der Waals surface area contributed by atoms with Crippen LogP contribution in [0.2, 0.25) is 0 Å². The van der Waals surface area contributed by atoms with Gasteiger partial charge in [0.15, 0.2) is 0 Å². The van der Waals surface area contributed by atoms with Crippen LogP contribution in [0.5, 0.6) is 0 Å². The second-order valence-corrected chi connectivity index (χ2v) is 5.37. The number of hydrogen-bond donors (Lipinski definition) is 0. The van der Waals surface area contributed by atoms with Crippen molar-refractivity contribution in [2.75, 3.05) is 24.6 Å². The van der Waals surface area contributed by atoms with Gasteiger partial charge in [-0.2, -0.15) is 13.2 Å². The predicted octanol–water partition coefficient (Wildman–Crippen LogP) is 1.78.